The molecule has 51 heavy (non-hydrogen) atoms. The number of benzene rings is 4. The molecule has 262 valence electrons. The smallest absolute Gasteiger partial charge is 0.327 e. The van der Waals surface area contributed by atoms with Gasteiger partial charge in [-0.15, -0.1) is 0 Å². The van der Waals surface area contributed by atoms with Gasteiger partial charge in [0.2, 0.25) is 11.7 Å². The molecule has 4 aromatic carbocycles. The molecule has 4 fully saturated rings. The predicted molar refractivity (Wildman–Crippen MR) is 191 cm³/mol. The fourth-order valence-corrected chi connectivity index (χ4v) is 8.26. The Morgan fingerprint density at radius 1 is 0.843 bits per heavy atom. The Kier molecular flexibility index (Phi) is 9.15. The van der Waals surface area contributed by atoms with E-state index >= 15 is 0 Å². The summed E-state index contributed by atoms with van der Waals surface area (Å²) in [5, 5.41) is 16.4. The average molecular weight is 802 g/mol. The number of hydrogen-bond donors (Lipinski definition) is 3. The number of amides is 2. The van der Waals surface area contributed by atoms with Crippen LogP contribution < -0.4 is 10.6 Å². The number of hydroxylamine groups is 2. The number of carbonyl (C=O) groups is 3. The predicted octanol–water partition coefficient (Wildman–Crippen LogP) is 3.81. The summed E-state index contributed by atoms with van der Waals surface area (Å²) in [5.41, 5.74) is 2.14. The zero-order valence-corrected chi connectivity index (χ0v) is 29.6. The van der Waals surface area contributed by atoms with Crippen molar-refractivity contribution in [2.45, 2.75) is 55.8 Å². The van der Waals surface area contributed by atoms with Crippen molar-refractivity contribution in [2.75, 3.05) is 13.2 Å². The van der Waals surface area contributed by atoms with E-state index < -0.39 is 47.6 Å². The lowest BCUT2D eigenvalue weighted by Crippen LogP contribution is -2.69. The first-order valence-electron chi connectivity index (χ1n) is 16.9. The first kappa shape index (κ1) is 33.9. The third kappa shape index (κ3) is 5.93. The van der Waals surface area contributed by atoms with Crippen molar-refractivity contribution in [3.63, 3.8) is 0 Å². The highest BCUT2D eigenvalue weighted by atomic mass is 127. The van der Waals surface area contributed by atoms with Crippen molar-refractivity contribution in [2.24, 2.45) is 5.41 Å². The second-order valence-corrected chi connectivity index (χ2v) is 14.5. The molecule has 6 atom stereocenters. The Hall–Kier alpha value is -4.18. The van der Waals surface area contributed by atoms with Gasteiger partial charge in [0.05, 0.1) is 13.2 Å². The third-order valence-electron chi connectivity index (χ3n) is 10.2. The lowest BCUT2D eigenvalue weighted by Gasteiger charge is -2.48. The van der Waals surface area contributed by atoms with Crippen molar-refractivity contribution in [3.8, 4) is 0 Å². The van der Waals surface area contributed by atoms with Gasteiger partial charge < -0.3 is 30.0 Å². The molecule has 12 heteroatoms. The van der Waals surface area contributed by atoms with E-state index in [1.54, 1.807) is 23.3 Å². The van der Waals surface area contributed by atoms with Crippen molar-refractivity contribution in [1.29, 1.82) is 0 Å². The summed E-state index contributed by atoms with van der Waals surface area (Å²) in [6.45, 7) is 0.289. The molecule has 8 rings (SSSR count). The number of esters is 1. The fourth-order valence-electron chi connectivity index (χ4n) is 7.90. The highest BCUT2D eigenvalue weighted by Gasteiger charge is 2.76. The van der Waals surface area contributed by atoms with E-state index in [2.05, 4.69) is 33.2 Å². The van der Waals surface area contributed by atoms with Crippen molar-refractivity contribution >= 4 is 40.4 Å². The number of nitrogens with one attached hydrogen (secondary N) is 2. The maximum absolute atomic E-state index is 14.8. The highest BCUT2D eigenvalue weighted by molar-refractivity contribution is 14.1. The average Bonchev–Trinajstić information content (AvgIpc) is 3.74. The van der Waals surface area contributed by atoms with Crippen LogP contribution >= 0.6 is 22.6 Å². The van der Waals surface area contributed by atoms with E-state index in [1.807, 2.05) is 91.0 Å². The summed E-state index contributed by atoms with van der Waals surface area (Å²) in [6.07, 6.45) is -3.03. The van der Waals surface area contributed by atoms with Gasteiger partial charge in [-0.1, -0.05) is 84.9 Å². The Bertz CT molecular complexity index is 1890. The highest BCUT2D eigenvalue weighted by Crippen LogP contribution is 2.59. The maximum atomic E-state index is 14.8. The Morgan fingerprint density at radius 3 is 2.22 bits per heavy atom. The standard InChI is InChI=1S/C39H36IN3O8/c40-29-16-14-24(15-17-29)23-43-33-36(46)48-30-21-38(33,37(47)42-22-25-8-7-9-26(20-25)35(45)41-18-19-44)34(51-43)32-31(30)49-39(50-32,27-10-3-1-4-11-27)28-12-5-2-6-13-28/h1-17,20,30-34,44H,18-19,21-23H2,(H,41,45)(H,42,47)/t30-,31+,32+,33+,34-,38+/m1/s1. The summed E-state index contributed by atoms with van der Waals surface area (Å²) in [4.78, 5) is 48.2. The summed E-state index contributed by atoms with van der Waals surface area (Å²) >= 11 is 2.24. The molecule has 1 saturated carbocycles. The normalized spacial score (nSPS) is 27.3. The zero-order valence-electron chi connectivity index (χ0n) is 27.4. The molecular weight excluding hydrogens is 765 g/mol. The molecule has 0 unspecified atom stereocenters. The minimum absolute atomic E-state index is 0.0986. The van der Waals surface area contributed by atoms with Crippen LogP contribution in [-0.2, 0) is 47.5 Å². The van der Waals surface area contributed by atoms with Gasteiger partial charge in [-0.2, -0.15) is 5.06 Å². The van der Waals surface area contributed by atoms with E-state index in [0.29, 0.717) is 11.1 Å². The number of fused-ring (bicyclic) bond motifs is 4. The van der Waals surface area contributed by atoms with Gasteiger partial charge in [0.25, 0.3) is 5.91 Å². The number of nitrogens with zero attached hydrogens (tertiary/aromatic N) is 1. The number of hydrogen-bond acceptors (Lipinski definition) is 9. The van der Waals surface area contributed by atoms with Gasteiger partial charge in [0, 0.05) is 39.8 Å². The van der Waals surface area contributed by atoms with Gasteiger partial charge in [-0.05, 0) is 58.0 Å². The van der Waals surface area contributed by atoms with Crippen LogP contribution in [0.25, 0.3) is 0 Å². The summed E-state index contributed by atoms with van der Waals surface area (Å²) < 4.78 is 21.2. The van der Waals surface area contributed by atoms with Crippen LogP contribution in [-0.4, -0.2) is 71.6 Å². The second kappa shape index (κ2) is 13.7. The molecule has 2 bridgehead atoms. The zero-order chi connectivity index (χ0) is 35.2. The second-order valence-electron chi connectivity index (χ2n) is 13.2. The molecule has 0 spiro atoms. The van der Waals surface area contributed by atoms with E-state index in [1.165, 1.54) is 0 Å². The molecule has 3 heterocycles. The number of carbonyl (C=O) groups excluding carboxylic acids is 3. The van der Waals surface area contributed by atoms with Crippen LogP contribution in [0, 0.1) is 8.99 Å². The Balaban J connectivity index is 1.16. The largest absolute Gasteiger partial charge is 0.458 e. The van der Waals surface area contributed by atoms with Gasteiger partial charge >= 0.3 is 5.97 Å². The topological polar surface area (TPSA) is 136 Å². The van der Waals surface area contributed by atoms with E-state index in [-0.39, 0.29) is 44.5 Å². The number of halogens is 1. The lowest BCUT2D eigenvalue weighted by atomic mass is 9.62. The SMILES string of the molecule is O=C(NCCO)c1cccc(CNC(=O)[C@@]23C[C@H]4OC(=O)[C@@H]2N(Cc2ccc(I)cc2)O[C@@H]3[C@H]2OC(c3ccccc3)(c3ccccc3)O[C@H]24)c1. The van der Waals surface area contributed by atoms with Crippen molar-refractivity contribution in [1.82, 2.24) is 15.7 Å². The molecular formula is C39H36IN3O8. The number of ether oxygens (including phenoxy) is 3. The van der Waals surface area contributed by atoms with Gasteiger partial charge in [-0.3, -0.25) is 19.2 Å². The number of aliphatic hydroxyl groups excluding tert-OH is 1. The molecule has 2 amide bonds. The summed E-state index contributed by atoms with van der Waals surface area (Å²) in [5.74, 6) is -2.61. The molecule has 1 aliphatic carbocycles. The first-order valence-corrected chi connectivity index (χ1v) is 18.0. The molecule has 0 radical (unpaired) electrons. The molecule has 3 N–H and O–H groups in total. The quantitative estimate of drug-likeness (QED) is 0.162. The Labute approximate surface area is 308 Å². The van der Waals surface area contributed by atoms with E-state index in [4.69, 9.17) is 24.2 Å². The van der Waals surface area contributed by atoms with E-state index in [9.17, 15) is 14.4 Å². The Morgan fingerprint density at radius 2 is 1.53 bits per heavy atom. The molecule has 4 aromatic rings. The molecule has 4 aliphatic rings. The summed E-state index contributed by atoms with van der Waals surface area (Å²) in [6, 6.07) is 33.0. The fraction of sp³-hybridized carbons (Fsp3) is 0.308. The van der Waals surface area contributed by atoms with Crippen LogP contribution in [0.1, 0.15) is 39.0 Å². The lowest BCUT2D eigenvalue weighted by molar-refractivity contribution is -0.213. The first-order chi connectivity index (χ1) is 24.8. The van der Waals surface area contributed by atoms with Crippen LogP contribution in [0.3, 0.4) is 0 Å². The van der Waals surface area contributed by atoms with Crippen LogP contribution in [0.2, 0.25) is 0 Å². The minimum atomic E-state index is -1.38. The molecule has 3 saturated heterocycles. The van der Waals surface area contributed by atoms with Gasteiger partial charge in [0.1, 0.15) is 29.8 Å². The molecule has 11 nitrogen and oxygen atoms in total. The van der Waals surface area contributed by atoms with Crippen LogP contribution in [0.5, 0.6) is 0 Å². The third-order valence-corrected chi connectivity index (χ3v) is 10.9. The van der Waals surface area contributed by atoms with E-state index in [0.717, 1.165) is 20.3 Å². The summed E-state index contributed by atoms with van der Waals surface area (Å²) in [7, 11) is 0. The van der Waals surface area contributed by atoms with Crippen LogP contribution in [0.15, 0.2) is 109 Å². The minimum Gasteiger partial charge on any atom is -0.458 e. The monoisotopic (exact) mass is 801 g/mol. The number of rotatable bonds is 10. The maximum Gasteiger partial charge on any atom is 0.327 e. The molecule has 0 aromatic heterocycles. The number of aliphatic hydroxyl groups is 1. The van der Waals surface area contributed by atoms with Crippen LogP contribution in [0.4, 0.5) is 0 Å². The van der Waals surface area contributed by atoms with Crippen molar-refractivity contribution in [3.05, 3.63) is 141 Å². The molecule has 3 aliphatic heterocycles. The van der Waals surface area contributed by atoms with Crippen molar-refractivity contribution < 1.29 is 38.5 Å². The van der Waals surface area contributed by atoms with Gasteiger partial charge in [0.15, 0.2) is 6.04 Å². The van der Waals surface area contributed by atoms with Gasteiger partial charge in [-0.25, -0.2) is 0 Å².